The topological polar surface area (TPSA) is 35.6 Å². The van der Waals surface area contributed by atoms with E-state index < -0.39 is 0 Å². The van der Waals surface area contributed by atoms with Crippen molar-refractivity contribution in [1.29, 1.82) is 0 Å². The predicted octanol–water partition coefficient (Wildman–Crippen LogP) is 5.21. The molecule has 1 amide bonds. The van der Waals surface area contributed by atoms with Gasteiger partial charge < -0.3 is 10.2 Å². The molecule has 0 radical (unpaired) electrons. The summed E-state index contributed by atoms with van der Waals surface area (Å²) in [5.74, 6) is 0.149. The van der Waals surface area contributed by atoms with E-state index in [4.69, 9.17) is 0 Å². The molecule has 1 N–H and O–H groups in total. The fraction of sp³-hybridized carbons (Fsp3) is 0.607. The number of rotatable bonds is 13. The zero-order chi connectivity index (χ0) is 22.8. The third kappa shape index (κ3) is 6.32. The van der Waals surface area contributed by atoms with Crippen LogP contribution in [-0.2, 0) is 10.2 Å². The first-order valence-corrected chi connectivity index (χ1v) is 12.8. The van der Waals surface area contributed by atoms with Crippen molar-refractivity contribution in [3.05, 3.63) is 48.0 Å². The smallest absolute Gasteiger partial charge is 0.234 e. The van der Waals surface area contributed by atoms with Gasteiger partial charge in [-0.05, 0) is 74.7 Å². The van der Waals surface area contributed by atoms with Crippen LogP contribution in [0.15, 0.2) is 42.5 Å². The molecule has 4 heteroatoms. The van der Waals surface area contributed by atoms with Crippen molar-refractivity contribution < 1.29 is 4.79 Å². The average Bonchev–Trinajstić information content (AvgIpc) is 3.36. The molecule has 1 saturated heterocycles. The molecule has 0 spiro atoms. The number of amides is 1. The zero-order valence-corrected chi connectivity index (χ0v) is 20.5. The lowest BCUT2D eigenvalue weighted by molar-refractivity contribution is -0.122. The highest BCUT2D eigenvalue weighted by atomic mass is 16.2. The highest BCUT2D eigenvalue weighted by molar-refractivity contribution is 5.87. The van der Waals surface area contributed by atoms with Crippen molar-refractivity contribution in [3.8, 4) is 0 Å². The van der Waals surface area contributed by atoms with Crippen molar-refractivity contribution >= 4 is 16.7 Å². The van der Waals surface area contributed by atoms with Gasteiger partial charge in [0.05, 0.1) is 6.54 Å². The SMILES string of the molecule is CCCCC(CCN1CCCC1)(CNC(=O)CN(CC)CC)c1cccc2ccccc12. The van der Waals surface area contributed by atoms with E-state index in [2.05, 4.69) is 78.4 Å². The molecule has 2 aromatic carbocycles. The summed E-state index contributed by atoms with van der Waals surface area (Å²) in [5, 5.41) is 6.00. The third-order valence-corrected chi connectivity index (χ3v) is 7.36. The lowest BCUT2D eigenvalue weighted by atomic mass is 9.71. The van der Waals surface area contributed by atoms with Crippen molar-refractivity contribution in [1.82, 2.24) is 15.1 Å². The number of likely N-dealkylation sites (N-methyl/N-ethyl adjacent to an activating group) is 1. The zero-order valence-electron chi connectivity index (χ0n) is 20.5. The maximum atomic E-state index is 12.9. The van der Waals surface area contributed by atoms with Crippen molar-refractivity contribution in [3.63, 3.8) is 0 Å². The van der Waals surface area contributed by atoms with Gasteiger partial charge in [-0.2, -0.15) is 0 Å². The first kappa shape index (κ1) is 24.7. The molecule has 1 heterocycles. The van der Waals surface area contributed by atoms with E-state index in [-0.39, 0.29) is 11.3 Å². The minimum Gasteiger partial charge on any atom is -0.354 e. The first-order valence-electron chi connectivity index (χ1n) is 12.8. The Labute approximate surface area is 195 Å². The number of benzene rings is 2. The first-order chi connectivity index (χ1) is 15.6. The lowest BCUT2D eigenvalue weighted by Crippen LogP contribution is -2.46. The van der Waals surface area contributed by atoms with Crippen molar-refractivity contribution in [2.24, 2.45) is 0 Å². The second-order valence-electron chi connectivity index (χ2n) is 9.45. The maximum Gasteiger partial charge on any atom is 0.234 e. The Morgan fingerprint density at radius 3 is 2.44 bits per heavy atom. The Hall–Kier alpha value is -1.91. The van der Waals surface area contributed by atoms with Crippen LogP contribution in [0, 0.1) is 0 Å². The number of fused-ring (bicyclic) bond motifs is 1. The van der Waals surface area contributed by atoms with E-state index in [0.29, 0.717) is 6.54 Å². The average molecular weight is 438 g/mol. The van der Waals surface area contributed by atoms with Gasteiger partial charge in [-0.25, -0.2) is 0 Å². The van der Waals surface area contributed by atoms with Gasteiger partial charge in [0.2, 0.25) is 5.91 Å². The minimum absolute atomic E-state index is 0.0433. The summed E-state index contributed by atoms with van der Waals surface area (Å²) < 4.78 is 0. The molecule has 32 heavy (non-hydrogen) atoms. The third-order valence-electron chi connectivity index (χ3n) is 7.36. The molecule has 2 aromatic rings. The molecule has 1 aliphatic rings. The summed E-state index contributed by atoms with van der Waals surface area (Å²) in [6.07, 6.45) is 7.18. The molecule has 1 fully saturated rings. The number of hydrogen-bond acceptors (Lipinski definition) is 3. The lowest BCUT2D eigenvalue weighted by Gasteiger charge is -2.37. The normalized spacial score (nSPS) is 16.5. The fourth-order valence-electron chi connectivity index (χ4n) is 5.22. The van der Waals surface area contributed by atoms with E-state index in [9.17, 15) is 4.79 Å². The van der Waals surface area contributed by atoms with Gasteiger partial charge in [-0.1, -0.05) is 76.1 Å². The Kier molecular flexibility index (Phi) is 9.55. The Balaban J connectivity index is 1.91. The van der Waals surface area contributed by atoms with Crippen LogP contribution in [-0.4, -0.2) is 61.5 Å². The molecule has 1 aliphatic heterocycles. The monoisotopic (exact) mass is 437 g/mol. The predicted molar refractivity (Wildman–Crippen MR) is 136 cm³/mol. The van der Waals surface area contributed by atoms with E-state index in [0.717, 1.165) is 39.0 Å². The summed E-state index contributed by atoms with van der Waals surface area (Å²) in [6.45, 7) is 13.1. The number of carbonyl (C=O) groups excluding carboxylic acids is 1. The summed E-state index contributed by atoms with van der Waals surface area (Å²) >= 11 is 0. The van der Waals surface area contributed by atoms with Crippen LogP contribution in [0.25, 0.3) is 10.8 Å². The second-order valence-corrected chi connectivity index (χ2v) is 9.45. The van der Waals surface area contributed by atoms with E-state index in [1.807, 2.05) is 0 Å². The van der Waals surface area contributed by atoms with E-state index >= 15 is 0 Å². The van der Waals surface area contributed by atoms with E-state index in [1.165, 1.54) is 55.1 Å². The van der Waals surface area contributed by atoms with E-state index in [1.54, 1.807) is 0 Å². The summed E-state index contributed by atoms with van der Waals surface area (Å²) in [5.41, 5.74) is 1.37. The number of carbonyl (C=O) groups is 1. The molecular weight excluding hydrogens is 394 g/mol. The highest BCUT2D eigenvalue weighted by Gasteiger charge is 2.34. The van der Waals surface area contributed by atoms with Gasteiger partial charge in [-0.15, -0.1) is 0 Å². The standard InChI is InChI=1S/C28H43N3O/c1-4-7-17-28(18-21-31-19-10-11-20-31,23-29-27(32)22-30(5-2)6-3)26-16-12-14-24-13-8-9-15-25(24)26/h8-9,12-16H,4-7,10-11,17-23H2,1-3H3,(H,29,32). The second kappa shape index (κ2) is 12.4. The van der Waals surface area contributed by atoms with Crippen LogP contribution in [0.3, 0.4) is 0 Å². The molecule has 4 nitrogen and oxygen atoms in total. The van der Waals surface area contributed by atoms with Crippen LogP contribution in [0.1, 0.15) is 64.9 Å². The molecule has 0 saturated carbocycles. The molecule has 0 bridgehead atoms. The number of hydrogen-bond donors (Lipinski definition) is 1. The Morgan fingerprint density at radius 1 is 1.00 bits per heavy atom. The highest BCUT2D eigenvalue weighted by Crippen LogP contribution is 2.38. The molecule has 176 valence electrons. The van der Waals surface area contributed by atoms with Crippen LogP contribution < -0.4 is 5.32 Å². The van der Waals surface area contributed by atoms with Crippen LogP contribution >= 0.6 is 0 Å². The molecule has 1 unspecified atom stereocenters. The molecule has 3 rings (SSSR count). The summed E-state index contributed by atoms with van der Waals surface area (Å²) in [4.78, 5) is 17.7. The molecule has 0 aromatic heterocycles. The number of likely N-dealkylation sites (tertiary alicyclic amines) is 1. The van der Waals surface area contributed by atoms with Gasteiger partial charge in [-0.3, -0.25) is 9.69 Å². The quantitative estimate of drug-likeness (QED) is 0.467. The Bertz CT molecular complexity index is 836. The van der Waals surface area contributed by atoms with Crippen LogP contribution in [0.4, 0.5) is 0 Å². The van der Waals surface area contributed by atoms with Crippen LogP contribution in [0.2, 0.25) is 0 Å². The number of nitrogens with zero attached hydrogens (tertiary/aromatic N) is 2. The van der Waals surface area contributed by atoms with Crippen LogP contribution in [0.5, 0.6) is 0 Å². The molecular formula is C28H43N3O. The molecule has 0 aliphatic carbocycles. The van der Waals surface area contributed by atoms with Crippen molar-refractivity contribution in [2.75, 3.05) is 45.8 Å². The number of nitrogens with one attached hydrogen (secondary N) is 1. The van der Waals surface area contributed by atoms with Gasteiger partial charge >= 0.3 is 0 Å². The summed E-state index contributed by atoms with van der Waals surface area (Å²) in [6, 6.07) is 15.5. The maximum absolute atomic E-state index is 12.9. The summed E-state index contributed by atoms with van der Waals surface area (Å²) in [7, 11) is 0. The number of unbranched alkanes of at least 4 members (excludes halogenated alkanes) is 1. The Morgan fingerprint density at radius 2 is 1.72 bits per heavy atom. The van der Waals surface area contributed by atoms with Gasteiger partial charge in [0.15, 0.2) is 0 Å². The fourth-order valence-corrected chi connectivity index (χ4v) is 5.22. The largest absolute Gasteiger partial charge is 0.354 e. The van der Waals surface area contributed by atoms with Crippen molar-refractivity contribution in [2.45, 2.75) is 64.7 Å². The van der Waals surface area contributed by atoms with Gasteiger partial charge in [0, 0.05) is 12.0 Å². The minimum atomic E-state index is -0.0433. The van der Waals surface area contributed by atoms with Gasteiger partial charge in [0.25, 0.3) is 0 Å². The molecule has 1 atom stereocenters. The van der Waals surface area contributed by atoms with Gasteiger partial charge in [0.1, 0.15) is 0 Å².